The van der Waals surface area contributed by atoms with Crippen molar-refractivity contribution in [1.29, 1.82) is 0 Å². The van der Waals surface area contributed by atoms with Crippen molar-refractivity contribution in [2.75, 3.05) is 12.8 Å². The second kappa shape index (κ2) is 7.21. The average Bonchev–Trinajstić information content (AvgIpc) is 2.64. The minimum atomic E-state index is -0.134. The number of aromatic nitrogens is 2. The van der Waals surface area contributed by atoms with Crippen LogP contribution >= 0.6 is 0 Å². The number of anilines is 1. The predicted octanol–water partition coefficient (Wildman–Crippen LogP) is 2.82. The predicted molar refractivity (Wildman–Crippen MR) is 99.7 cm³/mol. The fourth-order valence-electron chi connectivity index (χ4n) is 2.78. The number of methoxy groups -OCH3 is 1. The van der Waals surface area contributed by atoms with Crippen LogP contribution in [-0.4, -0.2) is 16.7 Å². The highest BCUT2D eigenvalue weighted by Crippen LogP contribution is 2.30. The highest BCUT2D eigenvalue weighted by Gasteiger charge is 2.07. The highest BCUT2D eigenvalue weighted by molar-refractivity contribution is 5.70. The Hall–Kier alpha value is -3.08. The molecule has 0 saturated carbocycles. The van der Waals surface area contributed by atoms with E-state index >= 15 is 0 Å². The van der Waals surface area contributed by atoms with Crippen molar-refractivity contribution in [1.82, 2.24) is 9.55 Å². The maximum Gasteiger partial charge on any atom is 0.254 e. The molecule has 0 aliphatic heterocycles. The van der Waals surface area contributed by atoms with Gasteiger partial charge in [0.25, 0.3) is 5.56 Å². The summed E-state index contributed by atoms with van der Waals surface area (Å²) in [4.78, 5) is 16.1. The van der Waals surface area contributed by atoms with Crippen molar-refractivity contribution < 1.29 is 4.74 Å². The van der Waals surface area contributed by atoms with Crippen molar-refractivity contribution in [2.45, 2.75) is 12.8 Å². The van der Waals surface area contributed by atoms with Gasteiger partial charge in [0.2, 0.25) is 5.95 Å². The van der Waals surface area contributed by atoms with E-state index in [9.17, 15) is 4.79 Å². The van der Waals surface area contributed by atoms with Crippen LogP contribution in [0.5, 0.6) is 5.75 Å². The molecule has 2 N–H and O–H groups in total. The van der Waals surface area contributed by atoms with Crippen molar-refractivity contribution in [2.24, 2.45) is 7.05 Å². The average molecular weight is 335 g/mol. The van der Waals surface area contributed by atoms with Gasteiger partial charge in [-0.1, -0.05) is 42.5 Å². The van der Waals surface area contributed by atoms with Gasteiger partial charge in [0.1, 0.15) is 5.75 Å². The highest BCUT2D eigenvalue weighted by atomic mass is 16.5. The second-order valence-electron chi connectivity index (χ2n) is 5.90. The standard InChI is InChI=1S/C20H21N3O2/c1-23-19(24)13-16(22-20(23)21)11-10-14-6-5-7-15(12-14)17-8-3-4-9-18(17)25-2/h3-9,12-13H,10-11H2,1-2H3,(H2,21,22). The number of ether oxygens (including phenoxy) is 1. The molecule has 0 aliphatic rings. The Morgan fingerprint density at radius 1 is 1.08 bits per heavy atom. The van der Waals surface area contributed by atoms with Crippen LogP contribution in [0.25, 0.3) is 11.1 Å². The molecule has 0 saturated heterocycles. The molecule has 0 unspecified atom stereocenters. The number of benzene rings is 2. The topological polar surface area (TPSA) is 70.1 Å². The zero-order chi connectivity index (χ0) is 17.8. The molecule has 0 radical (unpaired) electrons. The van der Waals surface area contributed by atoms with Crippen LogP contribution < -0.4 is 16.0 Å². The van der Waals surface area contributed by atoms with E-state index in [1.54, 1.807) is 20.2 Å². The molecule has 0 amide bonds. The van der Waals surface area contributed by atoms with Gasteiger partial charge >= 0.3 is 0 Å². The number of rotatable bonds is 5. The summed E-state index contributed by atoms with van der Waals surface area (Å²) < 4.78 is 6.78. The smallest absolute Gasteiger partial charge is 0.254 e. The summed E-state index contributed by atoms with van der Waals surface area (Å²) in [6.45, 7) is 0. The van der Waals surface area contributed by atoms with Crippen molar-refractivity contribution in [3.8, 4) is 16.9 Å². The number of para-hydroxylation sites is 1. The van der Waals surface area contributed by atoms with Crippen LogP contribution in [-0.2, 0) is 19.9 Å². The molecule has 1 heterocycles. The van der Waals surface area contributed by atoms with E-state index in [4.69, 9.17) is 10.5 Å². The first-order valence-corrected chi connectivity index (χ1v) is 8.13. The van der Waals surface area contributed by atoms with Crippen LogP contribution in [0, 0.1) is 0 Å². The molecule has 5 nitrogen and oxygen atoms in total. The molecule has 0 atom stereocenters. The summed E-state index contributed by atoms with van der Waals surface area (Å²) in [6, 6.07) is 17.8. The molecule has 25 heavy (non-hydrogen) atoms. The maximum absolute atomic E-state index is 11.8. The number of nitrogen functional groups attached to an aromatic ring is 1. The Balaban J connectivity index is 1.82. The molecule has 0 bridgehead atoms. The molecule has 3 aromatic rings. The molecular formula is C20H21N3O2. The first-order valence-electron chi connectivity index (χ1n) is 8.13. The maximum atomic E-state index is 11.8. The van der Waals surface area contributed by atoms with Gasteiger partial charge in [-0.3, -0.25) is 9.36 Å². The third kappa shape index (κ3) is 3.71. The van der Waals surface area contributed by atoms with E-state index in [2.05, 4.69) is 23.2 Å². The molecule has 3 rings (SSSR count). The zero-order valence-electron chi connectivity index (χ0n) is 14.4. The van der Waals surface area contributed by atoms with Crippen molar-refractivity contribution >= 4 is 5.95 Å². The Morgan fingerprint density at radius 3 is 2.64 bits per heavy atom. The summed E-state index contributed by atoms with van der Waals surface area (Å²) in [6.07, 6.45) is 1.44. The Labute approximate surface area is 146 Å². The minimum absolute atomic E-state index is 0.134. The van der Waals surface area contributed by atoms with E-state index in [1.807, 2.05) is 30.3 Å². The van der Waals surface area contributed by atoms with E-state index in [-0.39, 0.29) is 11.5 Å². The summed E-state index contributed by atoms with van der Waals surface area (Å²) in [5.74, 6) is 1.09. The molecule has 1 aromatic heterocycles. The van der Waals surface area contributed by atoms with Gasteiger partial charge in [-0.05, 0) is 30.0 Å². The van der Waals surface area contributed by atoms with Crippen molar-refractivity contribution in [3.05, 3.63) is 76.2 Å². The van der Waals surface area contributed by atoms with Gasteiger partial charge in [0, 0.05) is 18.7 Å². The number of nitrogens with zero attached hydrogens (tertiary/aromatic N) is 2. The van der Waals surface area contributed by atoms with Crippen LogP contribution in [0.4, 0.5) is 5.95 Å². The summed E-state index contributed by atoms with van der Waals surface area (Å²) in [5, 5.41) is 0. The van der Waals surface area contributed by atoms with Crippen molar-refractivity contribution in [3.63, 3.8) is 0 Å². The summed E-state index contributed by atoms with van der Waals surface area (Å²) >= 11 is 0. The lowest BCUT2D eigenvalue weighted by Gasteiger charge is -2.10. The fraction of sp³-hybridized carbons (Fsp3) is 0.200. The van der Waals surface area contributed by atoms with Gasteiger partial charge in [-0.25, -0.2) is 4.98 Å². The van der Waals surface area contributed by atoms with Gasteiger partial charge in [0.15, 0.2) is 0 Å². The lowest BCUT2D eigenvalue weighted by Crippen LogP contribution is -2.21. The van der Waals surface area contributed by atoms with Gasteiger partial charge in [-0.2, -0.15) is 0 Å². The fourth-order valence-corrected chi connectivity index (χ4v) is 2.78. The quantitative estimate of drug-likeness (QED) is 0.778. The lowest BCUT2D eigenvalue weighted by atomic mass is 10.00. The molecule has 0 spiro atoms. The molecule has 0 aliphatic carbocycles. The number of hydrogen-bond acceptors (Lipinski definition) is 4. The Kier molecular flexibility index (Phi) is 4.84. The first kappa shape index (κ1) is 16.8. The molecular weight excluding hydrogens is 314 g/mol. The van der Waals surface area contributed by atoms with Gasteiger partial charge in [-0.15, -0.1) is 0 Å². The van der Waals surface area contributed by atoms with Gasteiger partial charge < -0.3 is 10.5 Å². The lowest BCUT2D eigenvalue weighted by molar-refractivity contribution is 0.416. The monoisotopic (exact) mass is 335 g/mol. The van der Waals surface area contributed by atoms with E-state index in [0.717, 1.165) is 23.3 Å². The zero-order valence-corrected chi connectivity index (χ0v) is 14.4. The minimum Gasteiger partial charge on any atom is -0.496 e. The van der Waals surface area contributed by atoms with Crippen LogP contribution in [0.15, 0.2) is 59.4 Å². The van der Waals surface area contributed by atoms with E-state index < -0.39 is 0 Å². The normalized spacial score (nSPS) is 10.6. The van der Waals surface area contributed by atoms with Crippen LogP contribution in [0.1, 0.15) is 11.3 Å². The van der Waals surface area contributed by atoms with Gasteiger partial charge in [0.05, 0.1) is 12.8 Å². The Morgan fingerprint density at radius 2 is 1.88 bits per heavy atom. The third-order valence-electron chi connectivity index (χ3n) is 4.24. The SMILES string of the molecule is COc1ccccc1-c1cccc(CCc2cc(=O)n(C)c(N)n2)c1. The number of aryl methyl sites for hydroxylation is 2. The molecule has 2 aromatic carbocycles. The van der Waals surface area contributed by atoms with E-state index in [1.165, 1.54) is 10.1 Å². The first-order chi connectivity index (χ1) is 12.1. The number of nitrogens with two attached hydrogens (primary N) is 1. The Bertz CT molecular complexity index is 948. The summed E-state index contributed by atoms with van der Waals surface area (Å²) in [7, 11) is 3.29. The van der Waals surface area contributed by atoms with Crippen LogP contribution in [0.2, 0.25) is 0 Å². The molecule has 5 heteroatoms. The largest absolute Gasteiger partial charge is 0.496 e. The number of hydrogen-bond donors (Lipinski definition) is 1. The molecule has 0 fully saturated rings. The van der Waals surface area contributed by atoms with E-state index in [0.29, 0.717) is 12.1 Å². The van der Waals surface area contributed by atoms with Crippen LogP contribution in [0.3, 0.4) is 0 Å². The second-order valence-corrected chi connectivity index (χ2v) is 5.90. The molecule has 128 valence electrons. The third-order valence-corrected chi connectivity index (χ3v) is 4.24. The summed E-state index contributed by atoms with van der Waals surface area (Å²) in [5.41, 5.74) is 9.67.